The average Bonchev–Trinajstić information content (AvgIpc) is 2.58. The fourth-order valence-electron chi connectivity index (χ4n) is 2.65. The smallest absolute Gasteiger partial charge is 0.320 e. The van der Waals surface area contributed by atoms with E-state index in [0.717, 1.165) is 12.8 Å². The van der Waals surface area contributed by atoms with Crippen LogP contribution in [0.1, 0.15) is 84.5 Å². The Kier molecular flexibility index (Phi) is 19.0. The Hall–Kier alpha value is -1.14. The van der Waals surface area contributed by atoms with Crippen molar-refractivity contribution in [1.29, 1.82) is 0 Å². The van der Waals surface area contributed by atoms with Crippen LogP contribution in [0.3, 0.4) is 0 Å². The molecule has 0 aromatic heterocycles. The minimum atomic E-state index is -0.782. The van der Waals surface area contributed by atoms with Crippen molar-refractivity contribution in [2.45, 2.75) is 96.6 Å². The van der Waals surface area contributed by atoms with Crippen molar-refractivity contribution in [1.82, 2.24) is 9.80 Å². The van der Waals surface area contributed by atoms with Crippen LogP contribution in [0.2, 0.25) is 0 Å². The molecule has 0 saturated carbocycles. The predicted octanol–water partition coefficient (Wildman–Crippen LogP) is 4.33. The molecule has 6 heteroatoms. The third-order valence-corrected chi connectivity index (χ3v) is 4.87. The van der Waals surface area contributed by atoms with Gasteiger partial charge in [-0.1, -0.05) is 71.1 Å². The van der Waals surface area contributed by atoms with Crippen LogP contribution in [-0.4, -0.2) is 72.2 Å². The van der Waals surface area contributed by atoms with Gasteiger partial charge in [-0.2, -0.15) is 0 Å². The summed E-state index contributed by atoms with van der Waals surface area (Å²) in [7, 11) is 7.15. The maximum atomic E-state index is 11.0. The first-order valence-electron chi connectivity index (χ1n) is 10.4. The van der Waals surface area contributed by atoms with Gasteiger partial charge in [-0.05, 0) is 41.5 Å². The summed E-state index contributed by atoms with van der Waals surface area (Å²) in [6.07, 6.45) is 13.7. The van der Waals surface area contributed by atoms with Crippen LogP contribution < -0.4 is 0 Å². The number of carboxylic acids is 2. The molecule has 0 aliphatic rings. The highest BCUT2D eigenvalue weighted by Gasteiger charge is 2.18. The van der Waals surface area contributed by atoms with Crippen LogP contribution in [0, 0.1) is 0 Å². The normalized spacial score (nSPS) is 13.2. The van der Waals surface area contributed by atoms with E-state index in [0.29, 0.717) is 0 Å². The molecule has 2 unspecified atom stereocenters. The summed E-state index contributed by atoms with van der Waals surface area (Å²) in [6, 6.07) is -0.691. The molecule has 0 aliphatic heterocycles. The number of likely N-dealkylation sites (N-methyl/N-ethyl adjacent to an activating group) is 2. The third kappa shape index (κ3) is 18.0. The van der Waals surface area contributed by atoms with Gasteiger partial charge in [0.05, 0.1) is 0 Å². The van der Waals surface area contributed by atoms with E-state index >= 15 is 0 Å². The highest BCUT2D eigenvalue weighted by molar-refractivity contribution is 5.73. The van der Waals surface area contributed by atoms with Crippen LogP contribution in [0.15, 0.2) is 0 Å². The molecule has 0 amide bonds. The zero-order valence-electron chi connectivity index (χ0n) is 18.5. The standard InChI is InChI=1S/C16H33NO2.C5H11NO2/c1-4-5-6-7-8-9-10-11-12-13-14-15(16(18)19)17(2)3;1-4(5(7)8)6(2)3/h15H,4-14H2,1-3H3,(H,18,19);4H,1-3H3,(H,7,8). The number of unbranched alkanes of at least 4 members (excludes halogenated alkanes) is 9. The Labute approximate surface area is 166 Å². The van der Waals surface area contributed by atoms with E-state index in [1.54, 1.807) is 30.8 Å². The number of aliphatic carboxylic acids is 2. The van der Waals surface area contributed by atoms with Gasteiger partial charge in [0.25, 0.3) is 0 Å². The number of rotatable bonds is 15. The van der Waals surface area contributed by atoms with Crippen LogP contribution in [-0.2, 0) is 9.59 Å². The van der Waals surface area contributed by atoms with E-state index in [9.17, 15) is 9.59 Å². The van der Waals surface area contributed by atoms with Crippen LogP contribution in [0.5, 0.6) is 0 Å². The summed E-state index contributed by atoms with van der Waals surface area (Å²) in [5.74, 6) is -1.48. The number of hydrogen-bond acceptors (Lipinski definition) is 4. The molecule has 0 aromatic carbocycles. The van der Waals surface area contributed by atoms with Crippen molar-refractivity contribution < 1.29 is 19.8 Å². The van der Waals surface area contributed by atoms with E-state index < -0.39 is 11.9 Å². The molecular formula is C21H44N2O4. The van der Waals surface area contributed by atoms with Gasteiger partial charge in [-0.25, -0.2) is 0 Å². The molecule has 27 heavy (non-hydrogen) atoms. The maximum Gasteiger partial charge on any atom is 0.320 e. The zero-order chi connectivity index (χ0) is 21.2. The van der Waals surface area contributed by atoms with Gasteiger partial charge in [0.1, 0.15) is 12.1 Å². The molecule has 0 fully saturated rings. The van der Waals surface area contributed by atoms with E-state index in [4.69, 9.17) is 10.2 Å². The van der Waals surface area contributed by atoms with Crippen LogP contribution in [0.4, 0.5) is 0 Å². The molecule has 6 nitrogen and oxygen atoms in total. The number of nitrogens with zero attached hydrogens (tertiary/aromatic N) is 2. The first-order valence-corrected chi connectivity index (χ1v) is 10.4. The Morgan fingerprint density at radius 3 is 1.37 bits per heavy atom. The lowest BCUT2D eigenvalue weighted by Crippen LogP contribution is -2.35. The monoisotopic (exact) mass is 388 g/mol. The minimum absolute atomic E-state index is 0.311. The molecule has 0 saturated heterocycles. The molecule has 162 valence electrons. The first-order chi connectivity index (χ1) is 12.6. The third-order valence-electron chi connectivity index (χ3n) is 4.87. The van der Waals surface area contributed by atoms with Crippen molar-refractivity contribution in [2.24, 2.45) is 0 Å². The first kappa shape index (κ1) is 28.1. The lowest BCUT2D eigenvalue weighted by Gasteiger charge is -2.19. The lowest BCUT2D eigenvalue weighted by molar-refractivity contribution is -0.143. The fraction of sp³-hybridized carbons (Fsp3) is 0.905. The lowest BCUT2D eigenvalue weighted by atomic mass is 10.0. The molecular weight excluding hydrogens is 344 g/mol. The quantitative estimate of drug-likeness (QED) is 0.406. The Morgan fingerprint density at radius 2 is 1.11 bits per heavy atom. The number of hydrogen-bond donors (Lipinski definition) is 2. The SMILES string of the molecule is CC(C(=O)O)N(C)C.CCCCCCCCCCCCC(C(=O)O)N(C)C. The molecule has 0 heterocycles. The molecule has 0 radical (unpaired) electrons. The maximum absolute atomic E-state index is 11.0. The summed E-state index contributed by atoms with van der Waals surface area (Å²) in [6.45, 7) is 3.89. The highest BCUT2D eigenvalue weighted by Crippen LogP contribution is 2.13. The second kappa shape index (κ2) is 18.2. The molecule has 2 N–H and O–H groups in total. The van der Waals surface area contributed by atoms with Crippen LogP contribution in [0.25, 0.3) is 0 Å². The minimum Gasteiger partial charge on any atom is -0.480 e. The van der Waals surface area contributed by atoms with Crippen molar-refractivity contribution >= 4 is 11.9 Å². The van der Waals surface area contributed by atoms with Crippen molar-refractivity contribution in [3.63, 3.8) is 0 Å². The van der Waals surface area contributed by atoms with Gasteiger partial charge in [0, 0.05) is 0 Å². The summed E-state index contributed by atoms with van der Waals surface area (Å²) in [5.41, 5.74) is 0. The Morgan fingerprint density at radius 1 is 0.704 bits per heavy atom. The van der Waals surface area contributed by atoms with Crippen LogP contribution >= 0.6 is 0 Å². The van der Waals surface area contributed by atoms with Gasteiger partial charge in [-0.15, -0.1) is 0 Å². The van der Waals surface area contributed by atoms with Crippen molar-refractivity contribution in [3.05, 3.63) is 0 Å². The Balaban J connectivity index is 0. The van der Waals surface area contributed by atoms with Gasteiger partial charge >= 0.3 is 11.9 Å². The number of carboxylic acid groups (broad SMARTS) is 2. The largest absolute Gasteiger partial charge is 0.480 e. The van der Waals surface area contributed by atoms with E-state index in [2.05, 4.69) is 6.92 Å². The molecule has 0 spiro atoms. The molecule has 0 rings (SSSR count). The second-order valence-corrected chi connectivity index (χ2v) is 7.77. The van der Waals surface area contributed by atoms with E-state index in [1.165, 1.54) is 57.8 Å². The zero-order valence-corrected chi connectivity index (χ0v) is 18.5. The molecule has 0 bridgehead atoms. The molecule has 0 aromatic rings. The predicted molar refractivity (Wildman–Crippen MR) is 112 cm³/mol. The Bertz CT molecular complexity index is 373. The van der Waals surface area contributed by atoms with Gasteiger partial charge in [0.15, 0.2) is 0 Å². The number of carbonyl (C=O) groups is 2. The highest BCUT2D eigenvalue weighted by atomic mass is 16.4. The molecule has 2 atom stereocenters. The second-order valence-electron chi connectivity index (χ2n) is 7.77. The van der Waals surface area contributed by atoms with E-state index in [-0.39, 0.29) is 12.1 Å². The topological polar surface area (TPSA) is 81.1 Å². The summed E-state index contributed by atoms with van der Waals surface area (Å²) >= 11 is 0. The van der Waals surface area contributed by atoms with Gasteiger partial charge in [0.2, 0.25) is 0 Å². The summed E-state index contributed by atoms with van der Waals surface area (Å²) in [5, 5.41) is 17.4. The summed E-state index contributed by atoms with van der Waals surface area (Å²) < 4.78 is 0. The van der Waals surface area contributed by atoms with Gasteiger partial charge in [-0.3, -0.25) is 19.4 Å². The summed E-state index contributed by atoms with van der Waals surface area (Å²) in [4.78, 5) is 24.5. The van der Waals surface area contributed by atoms with Crippen molar-refractivity contribution in [2.75, 3.05) is 28.2 Å². The average molecular weight is 389 g/mol. The molecule has 0 aliphatic carbocycles. The van der Waals surface area contributed by atoms with Gasteiger partial charge < -0.3 is 10.2 Å². The van der Waals surface area contributed by atoms with Crippen molar-refractivity contribution in [3.8, 4) is 0 Å². The van der Waals surface area contributed by atoms with E-state index in [1.807, 2.05) is 14.1 Å². The fourth-order valence-corrected chi connectivity index (χ4v) is 2.65.